The lowest BCUT2D eigenvalue weighted by atomic mass is 10.3. The van der Waals surface area contributed by atoms with E-state index in [4.69, 9.17) is 10.8 Å². The topological polar surface area (TPSA) is 88.2 Å². The summed E-state index contributed by atoms with van der Waals surface area (Å²) in [4.78, 5) is 14.8. The molecule has 0 atom stereocenters. The number of rotatable bonds is 8. The van der Waals surface area contributed by atoms with Crippen molar-refractivity contribution in [1.82, 2.24) is 4.98 Å². The molecule has 0 aliphatic carbocycles. The molecule has 0 aromatic carbocycles. The van der Waals surface area contributed by atoms with Crippen molar-refractivity contribution in [3.8, 4) is 0 Å². The maximum atomic E-state index is 10.9. The molecular formula is C11H17N3O2S. The monoisotopic (exact) mass is 255 g/mol. The van der Waals surface area contributed by atoms with Crippen molar-refractivity contribution < 1.29 is 9.90 Å². The number of carbonyl (C=O) groups excluding carboxylic acids is 1. The van der Waals surface area contributed by atoms with Crippen LogP contribution in [0.2, 0.25) is 0 Å². The molecule has 0 spiro atoms. The minimum atomic E-state index is -0.522. The van der Waals surface area contributed by atoms with Crippen LogP contribution in [-0.2, 0) is 0 Å². The first kappa shape index (κ1) is 13.8. The largest absolute Gasteiger partial charge is 0.396 e. The summed E-state index contributed by atoms with van der Waals surface area (Å²) in [5, 5.41) is 11.8. The van der Waals surface area contributed by atoms with E-state index in [1.807, 2.05) is 0 Å². The fourth-order valence-corrected chi connectivity index (χ4v) is 2.00. The van der Waals surface area contributed by atoms with Crippen molar-refractivity contribution >= 4 is 23.4 Å². The Morgan fingerprint density at radius 2 is 2.35 bits per heavy atom. The minimum absolute atomic E-state index is 0.243. The van der Waals surface area contributed by atoms with Crippen LogP contribution in [0.15, 0.2) is 18.3 Å². The predicted molar refractivity (Wildman–Crippen MR) is 70.3 cm³/mol. The van der Waals surface area contributed by atoms with E-state index in [1.165, 1.54) is 0 Å². The van der Waals surface area contributed by atoms with Crippen molar-refractivity contribution in [2.75, 3.05) is 30.0 Å². The molecule has 1 aromatic rings. The van der Waals surface area contributed by atoms with Crippen molar-refractivity contribution in [1.29, 1.82) is 0 Å². The number of amides is 1. The van der Waals surface area contributed by atoms with E-state index < -0.39 is 5.91 Å². The van der Waals surface area contributed by atoms with Crippen LogP contribution in [0.4, 0.5) is 5.69 Å². The summed E-state index contributed by atoms with van der Waals surface area (Å²) >= 11 is 1.78. The highest BCUT2D eigenvalue weighted by molar-refractivity contribution is 7.99. The Kier molecular flexibility index (Phi) is 6.42. The molecule has 0 bridgehead atoms. The molecule has 0 fully saturated rings. The van der Waals surface area contributed by atoms with Gasteiger partial charge in [0, 0.05) is 30.8 Å². The van der Waals surface area contributed by atoms with E-state index in [1.54, 1.807) is 30.1 Å². The zero-order valence-corrected chi connectivity index (χ0v) is 10.4. The van der Waals surface area contributed by atoms with Crippen molar-refractivity contribution in [2.24, 2.45) is 5.73 Å². The first-order valence-corrected chi connectivity index (χ1v) is 6.58. The quantitative estimate of drug-likeness (QED) is 0.595. The summed E-state index contributed by atoms with van der Waals surface area (Å²) in [7, 11) is 0. The second kappa shape index (κ2) is 7.92. The molecule has 6 heteroatoms. The van der Waals surface area contributed by atoms with E-state index in [-0.39, 0.29) is 12.3 Å². The van der Waals surface area contributed by atoms with Gasteiger partial charge < -0.3 is 16.2 Å². The van der Waals surface area contributed by atoms with Crippen molar-refractivity contribution in [3.05, 3.63) is 24.0 Å². The van der Waals surface area contributed by atoms with Gasteiger partial charge in [0.1, 0.15) is 5.69 Å². The summed E-state index contributed by atoms with van der Waals surface area (Å²) in [5.41, 5.74) is 6.25. The number of primary amides is 1. The van der Waals surface area contributed by atoms with Gasteiger partial charge in [-0.05, 0) is 24.3 Å². The third-order valence-electron chi connectivity index (χ3n) is 2.03. The zero-order chi connectivity index (χ0) is 12.5. The van der Waals surface area contributed by atoms with Crippen LogP contribution in [0.25, 0.3) is 0 Å². The fourth-order valence-electron chi connectivity index (χ4n) is 1.21. The highest BCUT2D eigenvalue weighted by Gasteiger charge is 2.02. The second-order valence-corrected chi connectivity index (χ2v) is 4.64. The number of thioether (sulfide) groups is 1. The van der Waals surface area contributed by atoms with Crippen LogP contribution in [0.5, 0.6) is 0 Å². The van der Waals surface area contributed by atoms with E-state index in [2.05, 4.69) is 10.3 Å². The van der Waals surface area contributed by atoms with E-state index in [9.17, 15) is 4.79 Å². The third-order valence-corrected chi connectivity index (χ3v) is 3.10. The highest BCUT2D eigenvalue weighted by Crippen LogP contribution is 2.08. The van der Waals surface area contributed by atoms with Crippen molar-refractivity contribution in [2.45, 2.75) is 6.42 Å². The van der Waals surface area contributed by atoms with E-state index in [0.717, 1.165) is 30.2 Å². The molecule has 1 rings (SSSR count). The smallest absolute Gasteiger partial charge is 0.267 e. The summed E-state index contributed by atoms with van der Waals surface area (Å²) < 4.78 is 0. The molecule has 0 aliphatic heterocycles. The standard InChI is InChI=1S/C11H17N3O2S/c12-11(16)10-8-9(2-3-14-10)13-4-7-17-6-1-5-15/h2-3,8,15H,1,4-7H2,(H2,12,16)(H,13,14). The van der Waals surface area contributed by atoms with Crippen LogP contribution in [-0.4, -0.2) is 40.7 Å². The van der Waals surface area contributed by atoms with Gasteiger partial charge in [-0.15, -0.1) is 0 Å². The number of carbonyl (C=O) groups is 1. The van der Waals surface area contributed by atoms with E-state index in [0.29, 0.717) is 0 Å². The minimum Gasteiger partial charge on any atom is -0.396 e. The van der Waals surface area contributed by atoms with Gasteiger partial charge >= 0.3 is 0 Å². The Morgan fingerprint density at radius 1 is 1.53 bits per heavy atom. The first-order chi connectivity index (χ1) is 8.24. The molecule has 4 N–H and O–H groups in total. The number of nitrogens with zero attached hydrogens (tertiary/aromatic N) is 1. The van der Waals surface area contributed by atoms with Crippen LogP contribution in [0, 0.1) is 0 Å². The summed E-state index contributed by atoms with van der Waals surface area (Å²) in [6.07, 6.45) is 2.38. The number of nitrogens with two attached hydrogens (primary N) is 1. The molecule has 0 unspecified atom stereocenters. The third kappa shape index (κ3) is 5.55. The van der Waals surface area contributed by atoms with Gasteiger partial charge in [-0.3, -0.25) is 9.78 Å². The van der Waals surface area contributed by atoms with Crippen LogP contribution in [0.1, 0.15) is 16.9 Å². The summed E-state index contributed by atoms with van der Waals surface area (Å²) in [6.45, 7) is 1.05. The first-order valence-electron chi connectivity index (χ1n) is 5.42. The Hall–Kier alpha value is -1.27. The van der Waals surface area contributed by atoms with Gasteiger partial charge in [0.25, 0.3) is 5.91 Å². The Balaban J connectivity index is 2.27. The molecule has 0 radical (unpaired) electrons. The number of aromatic nitrogens is 1. The molecule has 0 saturated heterocycles. The Labute approximate surface area is 105 Å². The molecule has 0 aliphatic rings. The zero-order valence-electron chi connectivity index (χ0n) is 9.56. The van der Waals surface area contributed by atoms with Crippen LogP contribution in [0.3, 0.4) is 0 Å². The highest BCUT2D eigenvalue weighted by atomic mass is 32.2. The van der Waals surface area contributed by atoms with Crippen LogP contribution >= 0.6 is 11.8 Å². The molecule has 0 saturated carbocycles. The van der Waals surface area contributed by atoms with Crippen LogP contribution < -0.4 is 11.1 Å². The number of hydrogen-bond acceptors (Lipinski definition) is 5. The molecule has 1 aromatic heterocycles. The van der Waals surface area contributed by atoms with Crippen molar-refractivity contribution in [3.63, 3.8) is 0 Å². The Bertz CT molecular complexity index is 360. The number of aliphatic hydroxyl groups excluding tert-OH is 1. The fraction of sp³-hybridized carbons (Fsp3) is 0.455. The van der Waals surface area contributed by atoms with Gasteiger partial charge in [0.2, 0.25) is 0 Å². The molecule has 1 amide bonds. The molecule has 5 nitrogen and oxygen atoms in total. The number of anilines is 1. The summed E-state index contributed by atoms with van der Waals surface area (Å²) in [6, 6.07) is 3.44. The normalized spacial score (nSPS) is 10.2. The predicted octanol–water partition coefficient (Wildman–Crippen LogP) is 0.708. The van der Waals surface area contributed by atoms with Gasteiger partial charge in [-0.2, -0.15) is 11.8 Å². The van der Waals surface area contributed by atoms with Gasteiger partial charge in [0.15, 0.2) is 0 Å². The lowest BCUT2D eigenvalue weighted by Crippen LogP contribution is -2.13. The maximum absolute atomic E-state index is 10.9. The molecule has 94 valence electrons. The number of aliphatic hydroxyl groups is 1. The number of pyridine rings is 1. The van der Waals surface area contributed by atoms with Gasteiger partial charge in [-0.1, -0.05) is 0 Å². The molecular weight excluding hydrogens is 238 g/mol. The summed E-state index contributed by atoms with van der Waals surface area (Å²) in [5.74, 6) is 1.39. The lowest BCUT2D eigenvalue weighted by Gasteiger charge is -2.06. The van der Waals surface area contributed by atoms with Gasteiger partial charge in [-0.25, -0.2) is 0 Å². The molecule has 1 heterocycles. The Morgan fingerprint density at radius 3 is 3.06 bits per heavy atom. The SMILES string of the molecule is NC(=O)c1cc(NCCSCCCO)ccn1. The number of nitrogens with one attached hydrogen (secondary N) is 1. The maximum Gasteiger partial charge on any atom is 0.267 e. The lowest BCUT2D eigenvalue weighted by molar-refractivity contribution is 0.0995. The van der Waals surface area contributed by atoms with Gasteiger partial charge in [0.05, 0.1) is 0 Å². The number of hydrogen-bond donors (Lipinski definition) is 3. The van der Waals surface area contributed by atoms with E-state index >= 15 is 0 Å². The molecule has 17 heavy (non-hydrogen) atoms. The second-order valence-electron chi connectivity index (χ2n) is 3.41. The average Bonchev–Trinajstić information content (AvgIpc) is 2.34. The average molecular weight is 255 g/mol.